The molecule has 3 aromatic rings. The van der Waals surface area contributed by atoms with Crippen LogP contribution in [0.25, 0.3) is 11.6 Å². The molecular weight excluding hydrogens is 368 g/mol. The summed E-state index contributed by atoms with van der Waals surface area (Å²) in [7, 11) is 0. The number of hydrogen-bond donors (Lipinski definition) is 1. The Morgan fingerprint density at radius 1 is 1.00 bits per heavy atom. The molecule has 0 fully saturated rings. The highest BCUT2D eigenvalue weighted by Gasteiger charge is 2.24. The van der Waals surface area contributed by atoms with Crippen molar-refractivity contribution in [2.45, 2.75) is 13.5 Å². The minimum Gasteiger partial charge on any atom is -0.367 e. The highest BCUT2D eigenvalue weighted by atomic mass is 35.5. The number of fused-ring (bicyclic) bond motifs is 1. The summed E-state index contributed by atoms with van der Waals surface area (Å²) in [6.07, 6.45) is 1.92. The van der Waals surface area contributed by atoms with Gasteiger partial charge in [0.15, 0.2) is 0 Å². The van der Waals surface area contributed by atoms with Crippen LogP contribution in [0.15, 0.2) is 72.8 Å². The normalized spacial score (nSPS) is 14.1. The summed E-state index contributed by atoms with van der Waals surface area (Å²) >= 11 is 6.02. The molecule has 140 valence electrons. The molecule has 4 rings (SSSR count). The highest BCUT2D eigenvalue weighted by Crippen LogP contribution is 2.35. The summed E-state index contributed by atoms with van der Waals surface area (Å²) < 4.78 is 0. The molecule has 4 heteroatoms. The van der Waals surface area contributed by atoms with Gasteiger partial charge in [-0.05, 0) is 48.4 Å². The van der Waals surface area contributed by atoms with Gasteiger partial charge in [-0.2, -0.15) is 0 Å². The summed E-state index contributed by atoms with van der Waals surface area (Å²) in [5, 5.41) is 3.49. The molecule has 0 saturated heterocycles. The second kappa shape index (κ2) is 7.91. The molecule has 0 radical (unpaired) electrons. The Labute approximate surface area is 170 Å². The van der Waals surface area contributed by atoms with Crippen LogP contribution in [-0.4, -0.2) is 12.5 Å². The van der Waals surface area contributed by atoms with Gasteiger partial charge in [0.25, 0.3) is 5.91 Å². The molecule has 1 amide bonds. The number of carbonyl (C=O) groups is 1. The van der Waals surface area contributed by atoms with Crippen molar-refractivity contribution in [2.75, 3.05) is 16.8 Å². The van der Waals surface area contributed by atoms with E-state index in [1.54, 1.807) is 12.1 Å². The van der Waals surface area contributed by atoms with Gasteiger partial charge in [0.1, 0.15) is 0 Å². The summed E-state index contributed by atoms with van der Waals surface area (Å²) in [4.78, 5) is 14.7. The van der Waals surface area contributed by atoms with Crippen molar-refractivity contribution in [2.24, 2.45) is 0 Å². The lowest BCUT2D eigenvalue weighted by Crippen LogP contribution is -2.21. The molecule has 0 spiro atoms. The topological polar surface area (TPSA) is 32.3 Å². The first-order valence-corrected chi connectivity index (χ1v) is 9.74. The third-order valence-electron chi connectivity index (χ3n) is 4.93. The van der Waals surface area contributed by atoms with Crippen molar-refractivity contribution in [1.82, 2.24) is 0 Å². The number of nitrogens with zero attached hydrogens (tertiary/aromatic N) is 1. The van der Waals surface area contributed by atoms with Crippen molar-refractivity contribution in [1.29, 1.82) is 0 Å². The molecule has 1 N–H and O–H groups in total. The summed E-state index contributed by atoms with van der Waals surface area (Å²) in [5.74, 6) is -0.0967. The average molecular weight is 389 g/mol. The van der Waals surface area contributed by atoms with Crippen LogP contribution in [0.1, 0.15) is 23.6 Å². The minimum atomic E-state index is -0.0967. The first-order chi connectivity index (χ1) is 13.6. The number of hydrogen-bond acceptors (Lipinski definition) is 2. The van der Waals surface area contributed by atoms with Crippen LogP contribution in [0.3, 0.4) is 0 Å². The quantitative estimate of drug-likeness (QED) is 0.555. The lowest BCUT2D eigenvalue weighted by molar-refractivity contribution is -0.110. The molecule has 1 aliphatic rings. The predicted octanol–water partition coefficient (Wildman–Crippen LogP) is 5.86. The van der Waals surface area contributed by atoms with E-state index in [4.69, 9.17) is 11.6 Å². The SMILES string of the molecule is CCN(Cc1ccccc1)c1ccc(C=C2C(=O)Nc3cc(Cl)ccc32)cc1. The maximum atomic E-state index is 12.3. The summed E-state index contributed by atoms with van der Waals surface area (Å²) in [6, 6.07) is 24.2. The Kier molecular flexibility index (Phi) is 5.18. The van der Waals surface area contributed by atoms with Gasteiger partial charge in [-0.15, -0.1) is 0 Å². The van der Waals surface area contributed by atoms with E-state index in [-0.39, 0.29) is 5.91 Å². The van der Waals surface area contributed by atoms with E-state index < -0.39 is 0 Å². The van der Waals surface area contributed by atoms with Gasteiger partial charge in [0, 0.05) is 34.9 Å². The van der Waals surface area contributed by atoms with E-state index in [9.17, 15) is 4.79 Å². The van der Waals surface area contributed by atoms with Crippen molar-refractivity contribution < 1.29 is 4.79 Å². The Morgan fingerprint density at radius 3 is 2.46 bits per heavy atom. The summed E-state index contributed by atoms with van der Waals surface area (Å²) in [5.41, 5.74) is 5.76. The molecule has 3 aromatic carbocycles. The lowest BCUT2D eigenvalue weighted by Gasteiger charge is -2.23. The first-order valence-electron chi connectivity index (χ1n) is 9.36. The maximum Gasteiger partial charge on any atom is 0.256 e. The van der Waals surface area contributed by atoms with Gasteiger partial charge < -0.3 is 10.2 Å². The number of benzene rings is 3. The number of nitrogens with one attached hydrogen (secondary N) is 1. The van der Waals surface area contributed by atoms with Gasteiger partial charge in [0.05, 0.1) is 5.69 Å². The zero-order chi connectivity index (χ0) is 19.5. The zero-order valence-corrected chi connectivity index (χ0v) is 16.4. The second-order valence-corrected chi connectivity index (χ2v) is 7.23. The fourth-order valence-electron chi connectivity index (χ4n) is 3.45. The highest BCUT2D eigenvalue weighted by molar-refractivity contribution is 6.36. The van der Waals surface area contributed by atoms with Gasteiger partial charge >= 0.3 is 0 Å². The van der Waals surface area contributed by atoms with Gasteiger partial charge in [-0.1, -0.05) is 60.1 Å². The van der Waals surface area contributed by atoms with Crippen molar-refractivity contribution in [3.8, 4) is 0 Å². The van der Waals surface area contributed by atoms with Crippen LogP contribution in [0.2, 0.25) is 5.02 Å². The van der Waals surface area contributed by atoms with Crippen molar-refractivity contribution in [3.63, 3.8) is 0 Å². The molecular formula is C24H21ClN2O. The van der Waals surface area contributed by atoms with Gasteiger partial charge in [0.2, 0.25) is 0 Å². The van der Waals surface area contributed by atoms with E-state index in [0.29, 0.717) is 10.6 Å². The average Bonchev–Trinajstić information content (AvgIpc) is 3.02. The molecule has 0 bridgehead atoms. The minimum absolute atomic E-state index is 0.0967. The molecule has 1 aliphatic heterocycles. The molecule has 28 heavy (non-hydrogen) atoms. The third kappa shape index (κ3) is 3.80. The van der Waals surface area contributed by atoms with Crippen LogP contribution >= 0.6 is 11.6 Å². The monoisotopic (exact) mass is 388 g/mol. The van der Waals surface area contributed by atoms with Crippen molar-refractivity contribution in [3.05, 3.63) is 94.5 Å². The fraction of sp³-hybridized carbons (Fsp3) is 0.125. The predicted molar refractivity (Wildman–Crippen MR) is 118 cm³/mol. The van der Waals surface area contributed by atoms with E-state index in [0.717, 1.165) is 35.6 Å². The standard InChI is InChI=1S/C24H21ClN2O/c1-2-27(16-18-6-4-3-5-7-18)20-11-8-17(9-12-20)14-22-21-13-10-19(25)15-23(21)26-24(22)28/h3-15H,2,16H2,1H3,(H,26,28). The van der Waals surface area contributed by atoms with Gasteiger partial charge in [-0.25, -0.2) is 0 Å². The van der Waals surface area contributed by atoms with Crippen LogP contribution in [0.5, 0.6) is 0 Å². The molecule has 0 atom stereocenters. The zero-order valence-electron chi connectivity index (χ0n) is 15.7. The Morgan fingerprint density at radius 2 is 1.75 bits per heavy atom. The number of halogens is 1. The van der Waals surface area contributed by atoms with Crippen LogP contribution in [-0.2, 0) is 11.3 Å². The second-order valence-electron chi connectivity index (χ2n) is 6.79. The number of amides is 1. The third-order valence-corrected chi connectivity index (χ3v) is 5.17. The molecule has 1 heterocycles. The number of carbonyl (C=O) groups excluding carboxylic acids is 1. The molecule has 0 unspecified atom stereocenters. The van der Waals surface area contributed by atoms with Gasteiger partial charge in [-0.3, -0.25) is 4.79 Å². The Hall–Kier alpha value is -3.04. The number of anilines is 2. The largest absolute Gasteiger partial charge is 0.367 e. The summed E-state index contributed by atoms with van der Waals surface area (Å²) in [6.45, 7) is 3.95. The Bertz CT molecular complexity index is 1030. The smallest absolute Gasteiger partial charge is 0.256 e. The first kappa shape index (κ1) is 18.3. The fourth-order valence-corrected chi connectivity index (χ4v) is 3.62. The van der Waals surface area contributed by atoms with Crippen LogP contribution < -0.4 is 10.2 Å². The maximum absolute atomic E-state index is 12.3. The van der Waals surface area contributed by atoms with Crippen molar-refractivity contribution >= 4 is 40.5 Å². The Balaban J connectivity index is 1.57. The number of rotatable bonds is 5. The van der Waals surface area contributed by atoms with Crippen LogP contribution in [0.4, 0.5) is 11.4 Å². The van der Waals surface area contributed by atoms with E-state index >= 15 is 0 Å². The lowest BCUT2D eigenvalue weighted by atomic mass is 10.0. The molecule has 0 aromatic heterocycles. The van der Waals surface area contributed by atoms with E-state index in [2.05, 4.69) is 65.7 Å². The van der Waals surface area contributed by atoms with E-state index in [1.807, 2.05) is 18.2 Å². The molecule has 0 saturated carbocycles. The van der Waals surface area contributed by atoms with E-state index in [1.165, 1.54) is 5.56 Å². The molecule has 3 nitrogen and oxygen atoms in total. The molecule has 0 aliphatic carbocycles. The van der Waals surface area contributed by atoms with Crippen LogP contribution in [0, 0.1) is 0 Å².